The molecule has 0 bridgehead atoms. The van der Waals surface area contributed by atoms with Gasteiger partial charge in [-0.15, -0.1) is 0 Å². The molecule has 1 aliphatic rings. The molecule has 90 valence electrons. The average molecular weight is 213 g/mol. The van der Waals surface area contributed by atoms with Crippen LogP contribution in [0.15, 0.2) is 0 Å². The molecule has 0 spiro atoms. The monoisotopic (exact) mass is 213 g/mol. The van der Waals surface area contributed by atoms with Crippen molar-refractivity contribution < 1.29 is 0 Å². The van der Waals surface area contributed by atoms with Crippen LogP contribution in [0.5, 0.6) is 0 Å². The van der Waals surface area contributed by atoms with Crippen LogP contribution >= 0.6 is 0 Å². The lowest BCUT2D eigenvalue weighted by Gasteiger charge is -2.37. The molecular formula is C12H27N3. The van der Waals surface area contributed by atoms with Gasteiger partial charge in [0.05, 0.1) is 0 Å². The highest BCUT2D eigenvalue weighted by Crippen LogP contribution is 2.20. The SMILES string of the molecule is CC1CN(C)C(CN)CN(C(C)(C)C)C1. The molecule has 15 heavy (non-hydrogen) atoms. The van der Waals surface area contributed by atoms with E-state index in [2.05, 4.69) is 44.5 Å². The van der Waals surface area contributed by atoms with Crippen molar-refractivity contribution in [1.29, 1.82) is 0 Å². The topological polar surface area (TPSA) is 32.5 Å². The number of likely N-dealkylation sites (N-methyl/N-ethyl adjacent to an activating group) is 1. The van der Waals surface area contributed by atoms with E-state index in [1.165, 1.54) is 6.54 Å². The smallest absolute Gasteiger partial charge is 0.0342 e. The third-order valence-corrected chi connectivity index (χ3v) is 3.41. The van der Waals surface area contributed by atoms with Crippen LogP contribution in [0.2, 0.25) is 0 Å². The van der Waals surface area contributed by atoms with E-state index in [0.717, 1.165) is 25.6 Å². The molecule has 3 nitrogen and oxygen atoms in total. The Morgan fingerprint density at radius 2 is 1.80 bits per heavy atom. The minimum absolute atomic E-state index is 0.257. The molecule has 1 aliphatic heterocycles. The Morgan fingerprint density at radius 1 is 1.20 bits per heavy atom. The first-order chi connectivity index (χ1) is 6.84. The van der Waals surface area contributed by atoms with Gasteiger partial charge < -0.3 is 10.6 Å². The van der Waals surface area contributed by atoms with E-state index < -0.39 is 0 Å². The molecule has 0 amide bonds. The fourth-order valence-corrected chi connectivity index (χ4v) is 2.35. The summed E-state index contributed by atoms with van der Waals surface area (Å²) in [5.41, 5.74) is 6.10. The van der Waals surface area contributed by atoms with Crippen LogP contribution in [0, 0.1) is 5.92 Å². The first-order valence-electron chi connectivity index (χ1n) is 6.00. The van der Waals surface area contributed by atoms with Crippen LogP contribution in [-0.4, -0.2) is 54.6 Å². The summed E-state index contributed by atoms with van der Waals surface area (Å²) in [5, 5.41) is 0. The lowest BCUT2D eigenvalue weighted by molar-refractivity contribution is 0.115. The van der Waals surface area contributed by atoms with Gasteiger partial charge in [-0.2, -0.15) is 0 Å². The Labute approximate surface area is 94.6 Å². The molecule has 0 saturated carbocycles. The van der Waals surface area contributed by atoms with E-state index in [0.29, 0.717) is 6.04 Å². The summed E-state index contributed by atoms with van der Waals surface area (Å²) < 4.78 is 0. The minimum Gasteiger partial charge on any atom is -0.329 e. The number of hydrogen-bond donors (Lipinski definition) is 1. The fourth-order valence-electron chi connectivity index (χ4n) is 2.35. The zero-order valence-electron chi connectivity index (χ0n) is 11.0. The molecule has 3 heteroatoms. The van der Waals surface area contributed by atoms with Crippen LogP contribution in [-0.2, 0) is 0 Å². The van der Waals surface area contributed by atoms with Gasteiger partial charge in [-0.3, -0.25) is 4.90 Å². The van der Waals surface area contributed by atoms with Gasteiger partial charge in [-0.05, 0) is 33.7 Å². The predicted molar refractivity (Wildman–Crippen MR) is 66.0 cm³/mol. The molecule has 0 aromatic heterocycles. The molecule has 0 radical (unpaired) electrons. The Hall–Kier alpha value is -0.120. The quantitative estimate of drug-likeness (QED) is 0.705. The summed E-state index contributed by atoms with van der Waals surface area (Å²) in [6.45, 7) is 13.4. The second-order valence-electron chi connectivity index (χ2n) is 6.01. The van der Waals surface area contributed by atoms with Crippen molar-refractivity contribution in [3.63, 3.8) is 0 Å². The predicted octanol–water partition coefficient (Wildman–Crippen LogP) is 0.996. The maximum absolute atomic E-state index is 5.85. The molecule has 0 aromatic rings. The molecular weight excluding hydrogens is 186 g/mol. The molecule has 1 fully saturated rings. The third kappa shape index (κ3) is 3.44. The Bertz CT molecular complexity index is 198. The third-order valence-electron chi connectivity index (χ3n) is 3.41. The van der Waals surface area contributed by atoms with E-state index in [1.54, 1.807) is 0 Å². The van der Waals surface area contributed by atoms with Crippen molar-refractivity contribution in [2.45, 2.75) is 39.3 Å². The summed E-state index contributed by atoms with van der Waals surface area (Å²) in [4.78, 5) is 4.98. The standard InChI is InChI=1S/C12H27N3/c1-10-7-14(5)11(6-13)9-15(8-10)12(2,3)4/h10-11H,6-9,13H2,1-5H3. The van der Waals surface area contributed by atoms with Gasteiger partial charge in [0, 0.05) is 37.8 Å². The maximum atomic E-state index is 5.85. The van der Waals surface area contributed by atoms with Crippen LogP contribution in [0.4, 0.5) is 0 Å². The van der Waals surface area contributed by atoms with Crippen molar-refractivity contribution in [3.8, 4) is 0 Å². The lowest BCUT2D eigenvalue weighted by atomic mass is 10.0. The van der Waals surface area contributed by atoms with Gasteiger partial charge in [-0.25, -0.2) is 0 Å². The fraction of sp³-hybridized carbons (Fsp3) is 1.00. The second kappa shape index (κ2) is 4.81. The number of nitrogens with two attached hydrogens (primary N) is 1. The van der Waals surface area contributed by atoms with Crippen LogP contribution < -0.4 is 5.73 Å². The minimum atomic E-state index is 0.257. The zero-order chi connectivity index (χ0) is 11.6. The molecule has 2 N–H and O–H groups in total. The van der Waals surface area contributed by atoms with E-state index >= 15 is 0 Å². The largest absolute Gasteiger partial charge is 0.329 e. The molecule has 2 atom stereocenters. The summed E-state index contributed by atoms with van der Waals surface area (Å²) in [6, 6.07) is 0.508. The van der Waals surface area contributed by atoms with Gasteiger partial charge in [0.25, 0.3) is 0 Å². The number of hydrogen-bond acceptors (Lipinski definition) is 3. The molecule has 2 unspecified atom stereocenters. The second-order valence-corrected chi connectivity index (χ2v) is 6.01. The number of nitrogens with zero attached hydrogens (tertiary/aromatic N) is 2. The molecule has 0 aromatic carbocycles. The molecule has 1 saturated heterocycles. The summed E-state index contributed by atoms with van der Waals surface area (Å²) >= 11 is 0. The zero-order valence-corrected chi connectivity index (χ0v) is 11.0. The van der Waals surface area contributed by atoms with E-state index in [9.17, 15) is 0 Å². The Kier molecular flexibility index (Phi) is 4.15. The van der Waals surface area contributed by atoms with Gasteiger partial charge in [-0.1, -0.05) is 6.92 Å². The highest BCUT2D eigenvalue weighted by molar-refractivity contribution is 4.87. The average Bonchev–Trinajstić information content (AvgIpc) is 2.22. The van der Waals surface area contributed by atoms with E-state index in [-0.39, 0.29) is 5.54 Å². The Balaban J connectivity index is 2.74. The highest BCUT2D eigenvalue weighted by atomic mass is 15.3. The normalized spacial score (nSPS) is 31.6. The molecule has 0 aliphatic carbocycles. The van der Waals surface area contributed by atoms with E-state index in [4.69, 9.17) is 5.73 Å². The van der Waals surface area contributed by atoms with Gasteiger partial charge in [0.2, 0.25) is 0 Å². The van der Waals surface area contributed by atoms with Crippen molar-refractivity contribution >= 4 is 0 Å². The lowest BCUT2D eigenvalue weighted by Crippen LogP contribution is -2.49. The highest BCUT2D eigenvalue weighted by Gasteiger charge is 2.30. The number of rotatable bonds is 1. The van der Waals surface area contributed by atoms with Gasteiger partial charge in [0.15, 0.2) is 0 Å². The van der Waals surface area contributed by atoms with E-state index in [1.807, 2.05) is 0 Å². The van der Waals surface area contributed by atoms with Crippen molar-refractivity contribution in [2.75, 3.05) is 33.2 Å². The maximum Gasteiger partial charge on any atom is 0.0342 e. The van der Waals surface area contributed by atoms with Crippen molar-refractivity contribution in [1.82, 2.24) is 9.80 Å². The van der Waals surface area contributed by atoms with Crippen LogP contribution in [0.3, 0.4) is 0 Å². The first kappa shape index (κ1) is 12.9. The molecule has 1 heterocycles. The first-order valence-corrected chi connectivity index (χ1v) is 6.00. The summed E-state index contributed by atoms with van der Waals surface area (Å²) in [6.07, 6.45) is 0. The summed E-state index contributed by atoms with van der Waals surface area (Å²) in [7, 11) is 2.19. The van der Waals surface area contributed by atoms with Gasteiger partial charge in [0.1, 0.15) is 0 Å². The summed E-state index contributed by atoms with van der Waals surface area (Å²) in [5.74, 6) is 0.728. The molecule has 1 rings (SSSR count). The van der Waals surface area contributed by atoms with Crippen LogP contribution in [0.1, 0.15) is 27.7 Å². The van der Waals surface area contributed by atoms with Crippen LogP contribution in [0.25, 0.3) is 0 Å². The van der Waals surface area contributed by atoms with Crippen molar-refractivity contribution in [2.24, 2.45) is 11.7 Å². The Morgan fingerprint density at radius 3 is 2.27 bits per heavy atom. The van der Waals surface area contributed by atoms with Crippen molar-refractivity contribution in [3.05, 3.63) is 0 Å². The van der Waals surface area contributed by atoms with Gasteiger partial charge >= 0.3 is 0 Å².